The molecule has 0 bridgehead atoms. The summed E-state index contributed by atoms with van der Waals surface area (Å²) >= 11 is 0. The average molecular weight is 146 g/mol. The predicted octanol–water partition coefficient (Wildman–Crippen LogP) is 0.377. The molecule has 2 atom stereocenters. The van der Waals surface area contributed by atoms with E-state index in [1.165, 1.54) is 0 Å². The van der Waals surface area contributed by atoms with Gasteiger partial charge >= 0.3 is 0 Å². The molecule has 0 aromatic rings. The summed E-state index contributed by atoms with van der Waals surface area (Å²) in [7, 11) is 0. The van der Waals surface area contributed by atoms with E-state index in [0.717, 1.165) is 13.1 Å². The van der Waals surface area contributed by atoms with Crippen molar-refractivity contribution in [2.75, 3.05) is 19.6 Å². The van der Waals surface area contributed by atoms with Gasteiger partial charge in [0.15, 0.2) is 0 Å². The molecule has 0 aromatic heterocycles. The molecule has 1 heterocycles. The van der Waals surface area contributed by atoms with E-state index in [2.05, 4.69) is 4.90 Å². The Morgan fingerprint density at radius 1 is 1.60 bits per heavy atom. The molecule has 0 spiro atoms. The van der Waals surface area contributed by atoms with Crippen LogP contribution >= 0.6 is 0 Å². The molecule has 1 fully saturated rings. The highest BCUT2D eigenvalue weighted by atomic mass is 19.1. The topological polar surface area (TPSA) is 29.3 Å². The summed E-state index contributed by atoms with van der Waals surface area (Å²) in [5.41, 5.74) is 5.61. The second kappa shape index (κ2) is 3.30. The number of nitrogens with zero attached hydrogens (tertiary/aromatic N) is 1. The number of rotatable bonds is 1. The van der Waals surface area contributed by atoms with Gasteiger partial charge in [-0.25, -0.2) is 4.39 Å². The SMILES string of the molecule is CCN1C[C@H](N)C[C@H](F)C1. The van der Waals surface area contributed by atoms with Crippen molar-refractivity contribution < 1.29 is 4.39 Å². The lowest BCUT2D eigenvalue weighted by Crippen LogP contribution is -2.47. The van der Waals surface area contributed by atoms with Crippen molar-refractivity contribution in [1.29, 1.82) is 0 Å². The Labute approximate surface area is 61.2 Å². The summed E-state index contributed by atoms with van der Waals surface area (Å²) in [5, 5.41) is 0. The highest BCUT2D eigenvalue weighted by Gasteiger charge is 2.22. The number of likely N-dealkylation sites (N-methyl/N-ethyl adjacent to an activating group) is 1. The molecule has 10 heavy (non-hydrogen) atoms. The van der Waals surface area contributed by atoms with Crippen LogP contribution in [0, 0.1) is 0 Å². The number of hydrogen-bond acceptors (Lipinski definition) is 2. The molecule has 0 radical (unpaired) electrons. The summed E-state index contributed by atoms with van der Waals surface area (Å²) in [6.45, 7) is 4.38. The molecular formula is C7H15FN2. The third-order valence-corrected chi connectivity index (χ3v) is 1.95. The van der Waals surface area contributed by atoms with Crippen molar-refractivity contribution in [1.82, 2.24) is 4.90 Å². The van der Waals surface area contributed by atoms with Gasteiger partial charge < -0.3 is 5.73 Å². The van der Waals surface area contributed by atoms with E-state index in [1.54, 1.807) is 0 Å². The molecule has 0 aromatic carbocycles. The predicted molar refractivity (Wildman–Crippen MR) is 39.6 cm³/mol. The first-order valence-corrected chi connectivity index (χ1v) is 3.84. The monoisotopic (exact) mass is 146 g/mol. The highest BCUT2D eigenvalue weighted by molar-refractivity contribution is 4.80. The fourth-order valence-corrected chi connectivity index (χ4v) is 1.42. The second-order valence-corrected chi connectivity index (χ2v) is 2.95. The van der Waals surface area contributed by atoms with E-state index in [9.17, 15) is 4.39 Å². The van der Waals surface area contributed by atoms with Gasteiger partial charge in [-0.3, -0.25) is 4.90 Å². The molecule has 2 nitrogen and oxygen atoms in total. The van der Waals surface area contributed by atoms with Crippen LogP contribution in [0.3, 0.4) is 0 Å². The van der Waals surface area contributed by atoms with Crippen LogP contribution in [0.2, 0.25) is 0 Å². The van der Waals surface area contributed by atoms with Crippen LogP contribution in [0.4, 0.5) is 4.39 Å². The summed E-state index contributed by atoms with van der Waals surface area (Å²) in [4.78, 5) is 2.05. The van der Waals surface area contributed by atoms with Gasteiger partial charge in [0.2, 0.25) is 0 Å². The Morgan fingerprint density at radius 3 is 2.80 bits per heavy atom. The number of halogens is 1. The first-order chi connectivity index (χ1) is 4.72. The van der Waals surface area contributed by atoms with Crippen LogP contribution in [0.5, 0.6) is 0 Å². The maximum atomic E-state index is 12.7. The van der Waals surface area contributed by atoms with E-state index in [4.69, 9.17) is 5.73 Å². The summed E-state index contributed by atoms with van der Waals surface area (Å²) in [5.74, 6) is 0. The molecule has 1 aliphatic heterocycles. The third kappa shape index (κ3) is 1.92. The summed E-state index contributed by atoms with van der Waals surface area (Å²) < 4.78 is 12.7. The fourth-order valence-electron chi connectivity index (χ4n) is 1.42. The van der Waals surface area contributed by atoms with Gasteiger partial charge in [0.1, 0.15) is 6.17 Å². The number of hydrogen-bond donors (Lipinski definition) is 1. The lowest BCUT2D eigenvalue weighted by atomic mass is 10.1. The van der Waals surface area contributed by atoms with Crippen molar-refractivity contribution >= 4 is 0 Å². The normalized spacial score (nSPS) is 36.3. The Bertz CT molecular complexity index is 97.8. The number of piperidine rings is 1. The number of alkyl halides is 1. The van der Waals surface area contributed by atoms with Crippen LogP contribution in [0.25, 0.3) is 0 Å². The van der Waals surface area contributed by atoms with Gasteiger partial charge in [-0.05, 0) is 13.0 Å². The van der Waals surface area contributed by atoms with Gasteiger partial charge in [-0.1, -0.05) is 6.92 Å². The minimum Gasteiger partial charge on any atom is -0.326 e. The lowest BCUT2D eigenvalue weighted by Gasteiger charge is -2.31. The smallest absolute Gasteiger partial charge is 0.114 e. The maximum absolute atomic E-state index is 12.7. The molecular weight excluding hydrogens is 131 g/mol. The van der Waals surface area contributed by atoms with Gasteiger partial charge in [0, 0.05) is 19.1 Å². The Balaban J connectivity index is 2.35. The zero-order chi connectivity index (χ0) is 7.56. The van der Waals surface area contributed by atoms with Crippen molar-refractivity contribution in [3.63, 3.8) is 0 Å². The van der Waals surface area contributed by atoms with Crippen LogP contribution in [-0.4, -0.2) is 36.7 Å². The van der Waals surface area contributed by atoms with Gasteiger partial charge in [0.25, 0.3) is 0 Å². The minimum atomic E-state index is -0.705. The molecule has 3 heteroatoms. The van der Waals surface area contributed by atoms with Crippen LogP contribution in [0.15, 0.2) is 0 Å². The lowest BCUT2D eigenvalue weighted by molar-refractivity contribution is 0.129. The molecule has 0 amide bonds. The molecule has 0 saturated carbocycles. The van der Waals surface area contributed by atoms with E-state index >= 15 is 0 Å². The van der Waals surface area contributed by atoms with Crippen LogP contribution in [-0.2, 0) is 0 Å². The fraction of sp³-hybridized carbons (Fsp3) is 1.00. The van der Waals surface area contributed by atoms with Crippen molar-refractivity contribution in [3.8, 4) is 0 Å². The Hall–Kier alpha value is -0.150. The number of likely N-dealkylation sites (tertiary alicyclic amines) is 1. The van der Waals surface area contributed by atoms with Crippen molar-refractivity contribution in [3.05, 3.63) is 0 Å². The van der Waals surface area contributed by atoms with Gasteiger partial charge in [-0.2, -0.15) is 0 Å². The zero-order valence-corrected chi connectivity index (χ0v) is 6.39. The standard InChI is InChI=1S/C7H15FN2/c1-2-10-4-6(8)3-7(9)5-10/h6-7H,2-5,9H2,1H3/t6-,7+/m0/s1. The summed E-state index contributed by atoms with van der Waals surface area (Å²) in [6.07, 6.45) is -0.167. The van der Waals surface area contributed by atoms with E-state index in [0.29, 0.717) is 13.0 Å². The van der Waals surface area contributed by atoms with Crippen LogP contribution < -0.4 is 5.73 Å². The Kier molecular flexibility index (Phi) is 2.63. The highest BCUT2D eigenvalue weighted by Crippen LogP contribution is 2.11. The molecule has 60 valence electrons. The third-order valence-electron chi connectivity index (χ3n) is 1.95. The molecule has 0 unspecified atom stereocenters. The average Bonchev–Trinajstić information content (AvgIpc) is 1.85. The Morgan fingerprint density at radius 2 is 2.30 bits per heavy atom. The first kappa shape index (κ1) is 7.95. The molecule has 1 aliphatic rings. The number of nitrogens with two attached hydrogens (primary N) is 1. The first-order valence-electron chi connectivity index (χ1n) is 3.84. The molecule has 1 rings (SSSR count). The zero-order valence-electron chi connectivity index (χ0n) is 6.39. The molecule has 0 aliphatic carbocycles. The van der Waals surface area contributed by atoms with Crippen molar-refractivity contribution in [2.24, 2.45) is 5.73 Å². The second-order valence-electron chi connectivity index (χ2n) is 2.95. The maximum Gasteiger partial charge on any atom is 0.114 e. The van der Waals surface area contributed by atoms with E-state index in [-0.39, 0.29) is 6.04 Å². The largest absolute Gasteiger partial charge is 0.326 e. The van der Waals surface area contributed by atoms with Gasteiger partial charge in [-0.15, -0.1) is 0 Å². The van der Waals surface area contributed by atoms with Gasteiger partial charge in [0.05, 0.1) is 0 Å². The molecule has 2 N–H and O–H groups in total. The minimum absolute atomic E-state index is 0.0451. The van der Waals surface area contributed by atoms with Crippen LogP contribution in [0.1, 0.15) is 13.3 Å². The van der Waals surface area contributed by atoms with E-state index in [1.807, 2.05) is 6.92 Å². The molecule has 1 saturated heterocycles. The van der Waals surface area contributed by atoms with Crippen molar-refractivity contribution in [2.45, 2.75) is 25.6 Å². The van der Waals surface area contributed by atoms with E-state index < -0.39 is 6.17 Å². The quantitative estimate of drug-likeness (QED) is 0.579. The summed E-state index contributed by atoms with van der Waals surface area (Å²) in [6, 6.07) is 0.0451.